The van der Waals surface area contributed by atoms with Crippen LogP contribution >= 0.6 is 11.8 Å². The van der Waals surface area contributed by atoms with Gasteiger partial charge in [0.15, 0.2) is 5.17 Å². The minimum atomic E-state index is -0.622. The van der Waals surface area contributed by atoms with E-state index >= 15 is 0 Å². The fourth-order valence-electron chi connectivity index (χ4n) is 1.67. The zero-order valence-electron chi connectivity index (χ0n) is 11.0. The fourth-order valence-corrected chi connectivity index (χ4v) is 2.70. The minimum absolute atomic E-state index is 0.267. The first-order valence-corrected chi connectivity index (χ1v) is 6.88. The van der Waals surface area contributed by atoms with Gasteiger partial charge in [-0.3, -0.25) is 14.9 Å². The van der Waals surface area contributed by atoms with E-state index in [1.54, 1.807) is 0 Å². The van der Waals surface area contributed by atoms with Gasteiger partial charge < -0.3 is 9.32 Å². The number of hydrogen-bond donors (Lipinski definition) is 0. The van der Waals surface area contributed by atoms with Crippen molar-refractivity contribution in [3.63, 3.8) is 0 Å². The largest absolute Gasteiger partial charge is 0.433 e. The van der Waals surface area contributed by atoms with Crippen molar-refractivity contribution in [3.05, 3.63) is 32.9 Å². The molecule has 1 aromatic rings. The Balaban J connectivity index is 2.17. The molecule has 1 aliphatic rings. The molecule has 0 atom stereocenters. The third-order valence-electron chi connectivity index (χ3n) is 2.71. The Kier molecular flexibility index (Phi) is 4.23. The van der Waals surface area contributed by atoms with Gasteiger partial charge in [0.25, 0.3) is 5.91 Å². The molecule has 0 aliphatic carbocycles. The highest BCUT2D eigenvalue weighted by atomic mass is 32.2. The van der Waals surface area contributed by atoms with E-state index in [0.29, 0.717) is 10.1 Å². The Hall–Kier alpha value is -2.09. The van der Waals surface area contributed by atoms with Gasteiger partial charge in [0, 0.05) is 19.2 Å². The summed E-state index contributed by atoms with van der Waals surface area (Å²) in [4.78, 5) is 28.0. The van der Waals surface area contributed by atoms with Crippen LogP contribution in [0.4, 0.5) is 5.88 Å². The molecule has 0 aromatic carbocycles. The molecule has 7 nitrogen and oxygen atoms in total. The van der Waals surface area contributed by atoms with E-state index in [1.165, 1.54) is 30.0 Å². The second-order valence-electron chi connectivity index (χ2n) is 3.92. The summed E-state index contributed by atoms with van der Waals surface area (Å²) < 4.78 is 5.00. The van der Waals surface area contributed by atoms with Gasteiger partial charge in [-0.1, -0.05) is 0 Å². The van der Waals surface area contributed by atoms with Crippen LogP contribution in [0.25, 0.3) is 6.08 Å². The first-order chi connectivity index (χ1) is 9.55. The van der Waals surface area contributed by atoms with Crippen LogP contribution < -0.4 is 0 Å². The molecule has 0 saturated carbocycles. The average molecular weight is 295 g/mol. The Labute approximate surface area is 119 Å². The number of carbonyl (C=O) groups excluding carboxylic acids is 1. The van der Waals surface area contributed by atoms with Crippen molar-refractivity contribution in [1.29, 1.82) is 0 Å². The number of carbonyl (C=O) groups is 1. The smallest absolute Gasteiger partial charge is 0.401 e. The summed E-state index contributed by atoms with van der Waals surface area (Å²) in [6.07, 6.45) is 1.47. The summed E-state index contributed by atoms with van der Waals surface area (Å²) in [5.74, 6) is -0.434. The number of furan rings is 1. The predicted molar refractivity (Wildman–Crippen MR) is 76.3 cm³/mol. The highest BCUT2D eigenvalue weighted by molar-refractivity contribution is 8.18. The van der Waals surface area contributed by atoms with E-state index in [-0.39, 0.29) is 17.6 Å². The van der Waals surface area contributed by atoms with Crippen molar-refractivity contribution in [1.82, 2.24) is 4.90 Å². The quantitative estimate of drug-likeness (QED) is 0.481. The summed E-state index contributed by atoms with van der Waals surface area (Å²) in [6, 6.07) is 2.71. The molecule has 8 heteroatoms. The molecule has 0 saturated heterocycles. The number of rotatable bonds is 4. The lowest BCUT2D eigenvalue weighted by Crippen LogP contribution is -2.26. The highest BCUT2D eigenvalue weighted by Crippen LogP contribution is 2.31. The molecule has 1 aromatic heterocycles. The normalized spacial score (nSPS) is 16.6. The molecule has 1 amide bonds. The summed E-state index contributed by atoms with van der Waals surface area (Å²) in [5, 5.41) is 11.2. The van der Waals surface area contributed by atoms with Crippen LogP contribution in [0.3, 0.4) is 0 Å². The molecule has 0 radical (unpaired) electrons. The summed E-state index contributed by atoms with van der Waals surface area (Å²) in [5.41, 5.74) is 0. The maximum atomic E-state index is 11.8. The van der Waals surface area contributed by atoms with Gasteiger partial charge in [0.1, 0.15) is 10.7 Å². The highest BCUT2D eigenvalue weighted by Gasteiger charge is 2.25. The number of aliphatic imine (C=N–C) groups is 1. The van der Waals surface area contributed by atoms with Crippen LogP contribution in [0.2, 0.25) is 0 Å². The number of hydrogen-bond acceptors (Lipinski definition) is 6. The fraction of sp³-hybridized carbons (Fsp3) is 0.333. The Morgan fingerprint density at radius 1 is 1.45 bits per heavy atom. The summed E-state index contributed by atoms with van der Waals surface area (Å²) >= 11 is 1.25. The maximum absolute atomic E-state index is 11.8. The van der Waals surface area contributed by atoms with Crippen molar-refractivity contribution in [2.24, 2.45) is 4.99 Å². The van der Waals surface area contributed by atoms with Crippen LogP contribution in [-0.4, -0.2) is 34.0 Å². The Bertz CT molecular complexity index is 602. The van der Waals surface area contributed by atoms with Gasteiger partial charge in [-0.25, -0.2) is 0 Å². The standard InChI is InChI=1S/C12H13N3O4S/c1-3-14(4-2)12-13-11(16)9(20-12)7-8-5-6-10(19-8)15(17)18/h5-7H,3-4H2,1-2H3. The van der Waals surface area contributed by atoms with Gasteiger partial charge in [0.2, 0.25) is 0 Å². The first kappa shape index (κ1) is 14.3. The van der Waals surface area contributed by atoms with Crippen molar-refractivity contribution in [2.45, 2.75) is 13.8 Å². The Morgan fingerprint density at radius 2 is 2.15 bits per heavy atom. The van der Waals surface area contributed by atoms with Gasteiger partial charge in [-0.15, -0.1) is 0 Å². The molecule has 0 N–H and O–H groups in total. The molecule has 106 valence electrons. The first-order valence-electron chi connectivity index (χ1n) is 6.06. The number of nitrogens with zero attached hydrogens (tertiary/aromatic N) is 3. The van der Waals surface area contributed by atoms with E-state index in [0.717, 1.165) is 13.1 Å². The predicted octanol–water partition coefficient (Wildman–Crippen LogP) is 2.50. The lowest BCUT2D eigenvalue weighted by Gasteiger charge is -2.18. The van der Waals surface area contributed by atoms with Gasteiger partial charge in [-0.05, 0) is 31.7 Å². The lowest BCUT2D eigenvalue weighted by atomic mass is 10.4. The minimum Gasteiger partial charge on any atom is -0.401 e. The third-order valence-corrected chi connectivity index (χ3v) is 3.75. The van der Waals surface area contributed by atoms with Crippen LogP contribution in [0.1, 0.15) is 19.6 Å². The molecule has 0 fully saturated rings. The molecule has 2 rings (SSSR count). The number of nitro groups is 1. The summed E-state index contributed by atoms with van der Waals surface area (Å²) in [7, 11) is 0. The number of thioether (sulfide) groups is 1. The van der Waals surface area contributed by atoms with E-state index < -0.39 is 4.92 Å². The lowest BCUT2D eigenvalue weighted by molar-refractivity contribution is -0.402. The van der Waals surface area contributed by atoms with Crippen LogP contribution in [0.5, 0.6) is 0 Å². The Morgan fingerprint density at radius 3 is 2.70 bits per heavy atom. The maximum Gasteiger partial charge on any atom is 0.433 e. The van der Waals surface area contributed by atoms with Crippen molar-refractivity contribution < 1.29 is 14.1 Å². The summed E-state index contributed by atoms with van der Waals surface area (Å²) in [6.45, 7) is 5.48. The van der Waals surface area contributed by atoms with Crippen molar-refractivity contribution >= 4 is 34.8 Å². The van der Waals surface area contributed by atoms with Crippen LogP contribution in [0, 0.1) is 10.1 Å². The molecular formula is C12H13N3O4S. The third kappa shape index (κ3) is 2.90. The van der Waals surface area contributed by atoms with E-state index in [4.69, 9.17) is 4.42 Å². The van der Waals surface area contributed by atoms with Crippen molar-refractivity contribution in [2.75, 3.05) is 13.1 Å². The van der Waals surface area contributed by atoms with Gasteiger partial charge in [0.05, 0.1) is 11.0 Å². The molecule has 1 aliphatic heterocycles. The van der Waals surface area contributed by atoms with Gasteiger partial charge in [-0.2, -0.15) is 4.99 Å². The molecule has 0 bridgehead atoms. The monoisotopic (exact) mass is 295 g/mol. The van der Waals surface area contributed by atoms with E-state index in [1.807, 2.05) is 18.7 Å². The molecule has 0 unspecified atom stereocenters. The zero-order chi connectivity index (χ0) is 14.7. The van der Waals surface area contributed by atoms with E-state index in [2.05, 4.69) is 4.99 Å². The molecule has 0 spiro atoms. The number of amidine groups is 1. The van der Waals surface area contributed by atoms with Crippen LogP contribution in [0.15, 0.2) is 26.4 Å². The second-order valence-corrected chi connectivity index (χ2v) is 4.92. The zero-order valence-corrected chi connectivity index (χ0v) is 11.8. The van der Waals surface area contributed by atoms with E-state index in [9.17, 15) is 14.9 Å². The van der Waals surface area contributed by atoms with Crippen molar-refractivity contribution in [3.8, 4) is 0 Å². The topological polar surface area (TPSA) is 89.0 Å². The molecule has 2 heterocycles. The average Bonchev–Trinajstić information content (AvgIpc) is 3.00. The molecule has 20 heavy (non-hydrogen) atoms. The second kappa shape index (κ2) is 5.91. The number of amides is 1. The van der Waals surface area contributed by atoms with Gasteiger partial charge >= 0.3 is 5.88 Å². The molecular weight excluding hydrogens is 282 g/mol. The SMILES string of the molecule is CCN(CC)C1=NC(=O)C(=Cc2ccc([N+](=O)[O-])o2)S1. The van der Waals surface area contributed by atoms with Crippen LogP contribution in [-0.2, 0) is 4.79 Å².